The van der Waals surface area contributed by atoms with Crippen LogP contribution in [0.2, 0.25) is 10.0 Å². The highest BCUT2D eigenvalue weighted by molar-refractivity contribution is 7.91. The number of ketones is 1. The van der Waals surface area contributed by atoms with E-state index in [1.807, 2.05) is 6.07 Å². The molecule has 3 aromatic carbocycles. The average molecular weight is 553 g/mol. The van der Waals surface area contributed by atoms with Gasteiger partial charge in [0.2, 0.25) is 11.7 Å². The largest absolute Gasteiger partial charge is 0.310 e. The maximum absolute atomic E-state index is 13.4. The number of aromatic nitrogens is 1. The van der Waals surface area contributed by atoms with E-state index in [0.29, 0.717) is 32.3 Å². The number of sulfone groups is 1. The zero-order chi connectivity index (χ0) is 26.6. The Morgan fingerprint density at radius 3 is 2.22 bits per heavy atom. The topological polar surface area (TPSA) is 93.2 Å². The number of carbonyl (C=O) groups excluding carboxylic acids is 2. The molecule has 188 valence electrons. The zero-order valence-electron chi connectivity index (χ0n) is 19.7. The van der Waals surface area contributed by atoms with E-state index < -0.39 is 9.84 Å². The first-order valence-corrected chi connectivity index (χ1v) is 13.8. The molecule has 6 nitrogen and oxygen atoms in total. The molecule has 37 heavy (non-hydrogen) atoms. The fourth-order valence-electron chi connectivity index (χ4n) is 3.68. The molecule has 1 N–H and O–H groups in total. The van der Waals surface area contributed by atoms with E-state index in [-0.39, 0.29) is 40.3 Å². The number of amides is 1. The maximum Gasteiger partial charge on any atom is 0.229 e. The van der Waals surface area contributed by atoms with Gasteiger partial charge in [-0.2, -0.15) is 0 Å². The van der Waals surface area contributed by atoms with Gasteiger partial charge in [0, 0.05) is 11.1 Å². The Labute approximate surface area is 225 Å². The molecule has 9 heteroatoms. The third kappa shape index (κ3) is 6.25. The number of benzene rings is 3. The van der Waals surface area contributed by atoms with Crippen LogP contribution in [0.3, 0.4) is 0 Å². The van der Waals surface area contributed by atoms with Crippen molar-refractivity contribution in [2.45, 2.75) is 18.2 Å². The summed E-state index contributed by atoms with van der Waals surface area (Å²) in [7, 11) is -3.32. The number of carbonyl (C=O) groups is 2. The fourth-order valence-corrected chi connectivity index (χ4v) is 4.86. The minimum atomic E-state index is -3.32. The van der Waals surface area contributed by atoms with E-state index >= 15 is 0 Å². The van der Waals surface area contributed by atoms with Crippen molar-refractivity contribution in [1.29, 1.82) is 0 Å². The van der Waals surface area contributed by atoms with Gasteiger partial charge in [-0.15, -0.1) is 0 Å². The lowest BCUT2D eigenvalue weighted by Crippen LogP contribution is -2.17. The summed E-state index contributed by atoms with van der Waals surface area (Å²) in [6.07, 6.45) is 0.00460. The molecule has 0 aliphatic rings. The molecule has 0 unspecified atom stereocenters. The quantitative estimate of drug-likeness (QED) is 0.260. The van der Waals surface area contributed by atoms with Crippen LogP contribution < -0.4 is 5.32 Å². The molecule has 1 amide bonds. The zero-order valence-corrected chi connectivity index (χ0v) is 22.1. The summed E-state index contributed by atoms with van der Waals surface area (Å²) < 4.78 is 24.0. The second kappa shape index (κ2) is 11.3. The molecule has 4 aromatic rings. The van der Waals surface area contributed by atoms with E-state index in [1.54, 1.807) is 73.7 Å². The fraction of sp³-hybridized carbons (Fsp3) is 0.107. The molecule has 0 saturated carbocycles. The summed E-state index contributed by atoms with van der Waals surface area (Å²) in [5, 5.41) is 3.45. The van der Waals surface area contributed by atoms with Crippen LogP contribution in [0.5, 0.6) is 0 Å². The molecule has 4 rings (SSSR count). The van der Waals surface area contributed by atoms with Crippen LogP contribution in [0.1, 0.15) is 28.5 Å². The molecule has 1 aromatic heterocycles. The first-order chi connectivity index (χ1) is 17.7. The third-order valence-corrected chi connectivity index (χ3v) is 8.16. The molecule has 1 heterocycles. The first kappa shape index (κ1) is 26.5. The number of hydrogen-bond donors (Lipinski definition) is 1. The second-order valence-electron chi connectivity index (χ2n) is 8.19. The smallest absolute Gasteiger partial charge is 0.229 e. The summed E-state index contributed by atoms with van der Waals surface area (Å²) in [6, 6.07) is 23.2. The number of halogens is 2. The number of hydrogen-bond acceptors (Lipinski definition) is 5. The molecule has 0 bridgehead atoms. The van der Waals surface area contributed by atoms with Crippen molar-refractivity contribution in [3.05, 3.63) is 112 Å². The molecule has 0 radical (unpaired) electrons. The van der Waals surface area contributed by atoms with Crippen LogP contribution in [0.25, 0.3) is 11.1 Å². The molecular formula is C28H22Cl2N2O4S. The van der Waals surface area contributed by atoms with Crippen LogP contribution in [0.4, 0.5) is 5.82 Å². The first-order valence-electron chi connectivity index (χ1n) is 11.4. The highest BCUT2D eigenvalue weighted by atomic mass is 35.5. The average Bonchev–Trinajstić information content (AvgIpc) is 2.90. The predicted molar refractivity (Wildman–Crippen MR) is 146 cm³/mol. The summed E-state index contributed by atoms with van der Waals surface area (Å²) in [4.78, 5) is 30.8. The van der Waals surface area contributed by atoms with Gasteiger partial charge in [-0.3, -0.25) is 9.59 Å². The van der Waals surface area contributed by atoms with Crippen LogP contribution >= 0.6 is 23.2 Å². The van der Waals surface area contributed by atoms with Gasteiger partial charge in [0.05, 0.1) is 27.1 Å². The Morgan fingerprint density at radius 2 is 1.57 bits per heavy atom. The number of anilines is 1. The van der Waals surface area contributed by atoms with Crippen molar-refractivity contribution >= 4 is 50.5 Å². The molecule has 0 atom stereocenters. The number of rotatable bonds is 8. The summed E-state index contributed by atoms with van der Waals surface area (Å²) in [5.41, 5.74) is 2.43. The van der Waals surface area contributed by atoms with E-state index in [9.17, 15) is 18.0 Å². The number of nitrogens with zero attached hydrogens (tertiary/aromatic N) is 1. The van der Waals surface area contributed by atoms with E-state index in [2.05, 4.69) is 10.3 Å². The summed E-state index contributed by atoms with van der Waals surface area (Å²) in [6.45, 7) is 1.58. The van der Waals surface area contributed by atoms with E-state index in [0.717, 1.165) is 0 Å². The molecule has 0 spiro atoms. The van der Waals surface area contributed by atoms with Crippen LogP contribution in [0, 0.1) is 0 Å². The third-order valence-electron chi connectivity index (χ3n) is 5.67. The standard InChI is InChI=1S/C28H22Cl2N2O4S/c1-2-37(35,36)21-11-8-18(9-12-21)16-26(33)31-25-15-13-22(20-10-14-23(29)24(30)17-20)27(32-25)28(34)19-6-4-3-5-7-19/h3-15,17H,2,16H2,1H3,(H,31,32,33). The maximum atomic E-state index is 13.4. The van der Waals surface area contributed by atoms with Gasteiger partial charge in [0.15, 0.2) is 9.84 Å². The SMILES string of the molecule is CCS(=O)(=O)c1ccc(CC(=O)Nc2ccc(-c3ccc(Cl)c(Cl)c3)c(C(=O)c3ccccc3)n2)cc1. The van der Waals surface area contributed by atoms with Gasteiger partial charge in [0.1, 0.15) is 11.5 Å². The number of nitrogens with one attached hydrogen (secondary N) is 1. The van der Waals surface area contributed by atoms with Gasteiger partial charge >= 0.3 is 0 Å². The van der Waals surface area contributed by atoms with Crippen LogP contribution in [-0.2, 0) is 21.1 Å². The molecule has 0 aliphatic carbocycles. The van der Waals surface area contributed by atoms with Gasteiger partial charge in [0.25, 0.3) is 0 Å². The number of pyridine rings is 1. The van der Waals surface area contributed by atoms with Gasteiger partial charge in [-0.1, -0.05) is 78.7 Å². The lowest BCUT2D eigenvalue weighted by Gasteiger charge is -2.12. The Bertz CT molecular complexity index is 1570. The minimum Gasteiger partial charge on any atom is -0.310 e. The molecular weight excluding hydrogens is 531 g/mol. The summed E-state index contributed by atoms with van der Waals surface area (Å²) >= 11 is 12.3. The normalized spacial score (nSPS) is 11.2. The van der Waals surface area contributed by atoms with Gasteiger partial charge < -0.3 is 5.32 Å². The highest BCUT2D eigenvalue weighted by Crippen LogP contribution is 2.31. The lowest BCUT2D eigenvalue weighted by molar-refractivity contribution is -0.115. The predicted octanol–water partition coefficient (Wildman–Crippen LogP) is 6.26. The Balaban J connectivity index is 1.62. The van der Waals surface area contributed by atoms with E-state index in [1.165, 1.54) is 12.1 Å². The van der Waals surface area contributed by atoms with Crippen molar-refractivity contribution in [3.63, 3.8) is 0 Å². The van der Waals surface area contributed by atoms with Crippen molar-refractivity contribution in [1.82, 2.24) is 4.98 Å². The molecule has 0 saturated heterocycles. The highest BCUT2D eigenvalue weighted by Gasteiger charge is 2.19. The van der Waals surface area contributed by atoms with Crippen molar-refractivity contribution in [3.8, 4) is 11.1 Å². The van der Waals surface area contributed by atoms with Crippen molar-refractivity contribution in [2.75, 3.05) is 11.1 Å². The Kier molecular flexibility index (Phi) is 8.07. The van der Waals surface area contributed by atoms with E-state index in [4.69, 9.17) is 23.2 Å². The van der Waals surface area contributed by atoms with Gasteiger partial charge in [-0.05, 0) is 47.5 Å². The second-order valence-corrected chi connectivity index (χ2v) is 11.3. The summed E-state index contributed by atoms with van der Waals surface area (Å²) in [5.74, 6) is -0.469. The minimum absolute atomic E-state index is 0.000752. The van der Waals surface area contributed by atoms with Crippen LogP contribution in [0.15, 0.2) is 89.8 Å². The Morgan fingerprint density at radius 1 is 0.865 bits per heavy atom. The lowest BCUT2D eigenvalue weighted by atomic mass is 9.98. The van der Waals surface area contributed by atoms with Gasteiger partial charge in [-0.25, -0.2) is 13.4 Å². The van der Waals surface area contributed by atoms with Crippen molar-refractivity contribution in [2.24, 2.45) is 0 Å². The van der Waals surface area contributed by atoms with Crippen LogP contribution in [-0.4, -0.2) is 30.8 Å². The molecule has 0 fully saturated rings. The Hall–Kier alpha value is -3.52. The monoisotopic (exact) mass is 552 g/mol. The van der Waals surface area contributed by atoms with Crippen molar-refractivity contribution < 1.29 is 18.0 Å². The molecule has 0 aliphatic heterocycles.